The average molecular weight is 423 g/mol. The van der Waals surface area contributed by atoms with E-state index in [0.29, 0.717) is 18.9 Å². The van der Waals surface area contributed by atoms with Gasteiger partial charge in [0.25, 0.3) is 0 Å². The molecule has 0 unspecified atom stereocenters. The monoisotopic (exact) mass is 423 g/mol. The molecule has 1 aliphatic heterocycles. The van der Waals surface area contributed by atoms with Gasteiger partial charge in [0, 0.05) is 18.8 Å². The lowest BCUT2D eigenvalue weighted by Crippen LogP contribution is -2.40. The Hall–Kier alpha value is -2.40. The van der Waals surface area contributed by atoms with E-state index < -0.39 is 10.0 Å². The molecule has 1 fully saturated rings. The molecule has 3 rings (SSSR count). The number of ether oxygens (including phenoxy) is 2. The Balaban J connectivity index is 1.70. The zero-order valence-electron chi connectivity index (χ0n) is 16.4. The van der Waals surface area contributed by atoms with Crippen LogP contribution in [-0.2, 0) is 19.6 Å². The smallest absolute Gasteiger partial charge is 0.246 e. The first-order valence-corrected chi connectivity index (χ1v) is 10.7. The van der Waals surface area contributed by atoms with Gasteiger partial charge in [-0.3, -0.25) is 10.1 Å². The first kappa shape index (κ1) is 21.3. The molecule has 2 heterocycles. The van der Waals surface area contributed by atoms with Crippen LogP contribution in [0.3, 0.4) is 0 Å². The normalized spacial score (nSPS) is 16.3. The largest absolute Gasteiger partial charge is 0.495 e. The number of anilines is 1. The number of carbonyl (C=O) groups is 1. The van der Waals surface area contributed by atoms with Crippen molar-refractivity contribution < 1.29 is 27.1 Å². The van der Waals surface area contributed by atoms with Crippen molar-refractivity contribution in [1.82, 2.24) is 9.62 Å². The minimum Gasteiger partial charge on any atom is -0.495 e. The number of methoxy groups -OCH3 is 1. The van der Waals surface area contributed by atoms with Crippen molar-refractivity contribution >= 4 is 21.6 Å². The molecule has 0 radical (unpaired) electrons. The van der Waals surface area contributed by atoms with E-state index >= 15 is 0 Å². The van der Waals surface area contributed by atoms with Gasteiger partial charge in [0.2, 0.25) is 15.9 Å². The van der Waals surface area contributed by atoms with Crippen molar-refractivity contribution in [3.8, 4) is 5.75 Å². The number of sulfonamides is 1. The van der Waals surface area contributed by atoms with Gasteiger partial charge < -0.3 is 19.2 Å². The Labute approximate surface area is 170 Å². The number of hydrogen-bond acceptors (Lipinski definition) is 7. The predicted octanol–water partition coefficient (Wildman–Crippen LogP) is 1.60. The van der Waals surface area contributed by atoms with Crippen molar-refractivity contribution in [3.05, 3.63) is 42.4 Å². The molecular weight excluding hydrogens is 398 g/mol. The van der Waals surface area contributed by atoms with Crippen LogP contribution in [-0.4, -0.2) is 58.6 Å². The number of nitrogens with one attached hydrogen (secondary N) is 2. The fourth-order valence-electron chi connectivity index (χ4n) is 2.97. The van der Waals surface area contributed by atoms with Gasteiger partial charge in [0.1, 0.15) is 16.4 Å². The number of nitrogens with zero attached hydrogens (tertiary/aromatic N) is 1. The van der Waals surface area contributed by atoms with Crippen molar-refractivity contribution in [2.75, 3.05) is 45.3 Å². The summed E-state index contributed by atoms with van der Waals surface area (Å²) in [5.41, 5.74) is 0.370. The quantitative estimate of drug-likeness (QED) is 0.664. The number of hydrogen-bond donors (Lipinski definition) is 2. The van der Waals surface area contributed by atoms with Gasteiger partial charge in [-0.1, -0.05) is 0 Å². The molecule has 10 heteroatoms. The highest BCUT2D eigenvalue weighted by Crippen LogP contribution is 2.30. The lowest BCUT2D eigenvalue weighted by Gasteiger charge is -2.26. The zero-order valence-corrected chi connectivity index (χ0v) is 17.2. The van der Waals surface area contributed by atoms with Crippen LogP contribution in [0.2, 0.25) is 0 Å². The minimum atomic E-state index is -3.77. The molecule has 1 amide bonds. The van der Waals surface area contributed by atoms with Crippen molar-refractivity contribution in [3.63, 3.8) is 0 Å². The van der Waals surface area contributed by atoms with Gasteiger partial charge in [0.15, 0.2) is 0 Å². The summed E-state index contributed by atoms with van der Waals surface area (Å²) in [5, 5.41) is 5.77. The molecule has 1 aliphatic rings. The number of benzene rings is 1. The van der Waals surface area contributed by atoms with E-state index in [1.165, 1.54) is 23.5 Å². The Morgan fingerprint density at radius 2 is 2.03 bits per heavy atom. The molecule has 0 spiro atoms. The third-order valence-corrected chi connectivity index (χ3v) is 6.49. The summed E-state index contributed by atoms with van der Waals surface area (Å²) in [4.78, 5) is 12.3. The van der Waals surface area contributed by atoms with Crippen LogP contribution in [0.25, 0.3) is 0 Å². The molecule has 9 nitrogen and oxygen atoms in total. The molecule has 29 heavy (non-hydrogen) atoms. The zero-order chi connectivity index (χ0) is 20.9. The Bertz CT molecular complexity index is 923. The third-order valence-electron chi connectivity index (χ3n) is 4.57. The Morgan fingerprint density at radius 3 is 2.69 bits per heavy atom. The fraction of sp³-hybridized carbons (Fsp3) is 0.421. The van der Waals surface area contributed by atoms with Gasteiger partial charge in [-0.2, -0.15) is 4.31 Å². The topological polar surface area (TPSA) is 110 Å². The van der Waals surface area contributed by atoms with Crippen LogP contribution in [0.15, 0.2) is 45.9 Å². The first-order valence-electron chi connectivity index (χ1n) is 9.24. The van der Waals surface area contributed by atoms with Crippen LogP contribution in [0.4, 0.5) is 5.69 Å². The minimum absolute atomic E-state index is 0.0108. The molecular formula is C19H25N3O6S. The van der Waals surface area contributed by atoms with E-state index in [1.807, 2.05) is 13.0 Å². The second kappa shape index (κ2) is 9.40. The van der Waals surface area contributed by atoms with E-state index in [4.69, 9.17) is 13.9 Å². The van der Waals surface area contributed by atoms with Gasteiger partial charge in [-0.25, -0.2) is 8.42 Å². The second-order valence-electron chi connectivity index (χ2n) is 6.55. The summed E-state index contributed by atoms with van der Waals surface area (Å²) in [7, 11) is -2.36. The summed E-state index contributed by atoms with van der Waals surface area (Å²) in [6.07, 6.45) is 1.57. The lowest BCUT2D eigenvalue weighted by molar-refractivity contribution is -0.115. The third kappa shape index (κ3) is 5.15. The van der Waals surface area contributed by atoms with Crippen LogP contribution in [0.5, 0.6) is 5.75 Å². The van der Waals surface area contributed by atoms with Crippen LogP contribution >= 0.6 is 0 Å². The Morgan fingerprint density at radius 1 is 1.28 bits per heavy atom. The summed E-state index contributed by atoms with van der Waals surface area (Å²) >= 11 is 0. The van der Waals surface area contributed by atoms with Crippen LogP contribution in [0, 0.1) is 0 Å². The van der Waals surface area contributed by atoms with E-state index in [0.717, 1.165) is 5.76 Å². The standard InChI is InChI=1S/C19H25N3O6S/c1-14(16-4-3-9-28-16)20-13-19(23)21-15-5-6-17(26-2)18(12-15)29(24,25)22-7-10-27-11-8-22/h3-6,9,12,14,20H,7-8,10-11,13H2,1-2H3,(H,21,23)/t14-/m0/s1. The van der Waals surface area contributed by atoms with Gasteiger partial charge >= 0.3 is 0 Å². The van der Waals surface area contributed by atoms with Crippen LogP contribution < -0.4 is 15.4 Å². The maximum Gasteiger partial charge on any atom is 0.246 e. The summed E-state index contributed by atoms with van der Waals surface area (Å²) in [6, 6.07) is 8.01. The number of furan rings is 1. The van der Waals surface area contributed by atoms with Crippen molar-refractivity contribution in [2.24, 2.45) is 0 Å². The van der Waals surface area contributed by atoms with Gasteiger partial charge in [-0.05, 0) is 37.3 Å². The molecule has 2 N–H and O–H groups in total. The lowest BCUT2D eigenvalue weighted by atomic mass is 10.2. The number of carbonyl (C=O) groups excluding carboxylic acids is 1. The summed E-state index contributed by atoms with van der Waals surface area (Å²) < 4.78 is 43.1. The summed E-state index contributed by atoms with van der Waals surface area (Å²) in [5.74, 6) is 0.642. The van der Waals surface area contributed by atoms with E-state index in [2.05, 4.69) is 10.6 Å². The van der Waals surface area contributed by atoms with E-state index in [-0.39, 0.29) is 42.2 Å². The maximum absolute atomic E-state index is 13.0. The fourth-order valence-corrected chi connectivity index (χ4v) is 4.56. The maximum atomic E-state index is 13.0. The highest BCUT2D eigenvalue weighted by Gasteiger charge is 2.29. The number of morpholine rings is 1. The summed E-state index contributed by atoms with van der Waals surface area (Å²) in [6.45, 7) is 3.16. The second-order valence-corrected chi connectivity index (χ2v) is 8.45. The molecule has 1 aromatic carbocycles. The molecule has 158 valence electrons. The highest BCUT2D eigenvalue weighted by molar-refractivity contribution is 7.89. The molecule has 1 saturated heterocycles. The average Bonchev–Trinajstić information content (AvgIpc) is 3.27. The molecule has 0 bridgehead atoms. The molecule has 2 aromatic rings. The SMILES string of the molecule is COc1ccc(NC(=O)CN[C@@H](C)c2ccco2)cc1S(=O)(=O)N1CCOCC1. The van der Waals surface area contributed by atoms with Gasteiger partial charge in [0.05, 0.1) is 39.2 Å². The molecule has 0 aliphatic carbocycles. The number of amides is 1. The van der Waals surface area contributed by atoms with Crippen LogP contribution in [0.1, 0.15) is 18.7 Å². The predicted molar refractivity (Wildman–Crippen MR) is 106 cm³/mol. The van der Waals surface area contributed by atoms with E-state index in [9.17, 15) is 13.2 Å². The van der Waals surface area contributed by atoms with Crippen molar-refractivity contribution in [1.29, 1.82) is 0 Å². The molecule has 1 atom stereocenters. The van der Waals surface area contributed by atoms with E-state index in [1.54, 1.807) is 18.4 Å². The van der Waals surface area contributed by atoms with Gasteiger partial charge in [-0.15, -0.1) is 0 Å². The highest BCUT2D eigenvalue weighted by atomic mass is 32.2. The number of rotatable bonds is 8. The Kier molecular flexibility index (Phi) is 6.91. The van der Waals surface area contributed by atoms with Crippen molar-refractivity contribution in [2.45, 2.75) is 17.9 Å². The molecule has 1 aromatic heterocycles. The first-order chi connectivity index (χ1) is 13.9. The molecule has 0 saturated carbocycles.